The summed E-state index contributed by atoms with van der Waals surface area (Å²) in [7, 11) is 0. The van der Waals surface area contributed by atoms with Crippen molar-refractivity contribution in [3.05, 3.63) is 107 Å². The number of nitrogens with zero attached hydrogens (tertiary/aromatic N) is 2. The minimum absolute atomic E-state index is 0. The summed E-state index contributed by atoms with van der Waals surface area (Å²) in [5.74, 6) is -0.0625. The Bertz CT molecular complexity index is 1870. The van der Waals surface area contributed by atoms with Gasteiger partial charge in [-0.2, -0.15) is 11.3 Å². The topological polar surface area (TPSA) is 63.1 Å². The van der Waals surface area contributed by atoms with Gasteiger partial charge in [0.25, 0.3) is 0 Å². The van der Waals surface area contributed by atoms with Crippen LogP contribution in [0.3, 0.4) is 0 Å². The summed E-state index contributed by atoms with van der Waals surface area (Å²) in [6.07, 6.45) is 6.06. The van der Waals surface area contributed by atoms with Gasteiger partial charge in [-0.05, 0) is 82.4 Å². The van der Waals surface area contributed by atoms with Gasteiger partial charge in [0.15, 0.2) is 5.78 Å². The van der Waals surface area contributed by atoms with Gasteiger partial charge in [-0.25, -0.2) is 0 Å². The standard InChI is InChI=1S/C29H21N2S.C5H8O2.Ir/c1-3-19-4-5-21-14-22(7-6-20(21)13-19)23-8-10-30-27(16-23)25-15-24-9-11-32-29(24)28-26(25)12-18(2)17-31-28;1-4(6)3-5(2)7;/h4-14,16-17H,3H2,1-2H3;3,6H,1-2H3;/q-1;;/b;4-3-;. The molecule has 0 bridgehead atoms. The summed E-state index contributed by atoms with van der Waals surface area (Å²) in [6.45, 7) is 7.12. The fraction of sp³-hybridized carbons (Fsp3) is 0.147. The zero-order valence-corrected chi connectivity index (χ0v) is 26.0. The molecule has 0 aliphatic rings. The number of thiophene rings is 1. The molecule has 0 amide bonds. The number of fused-ring (bicyclic) bond motifs is 4. The Hall–Kier alpha value is -3.70. The van der Waals surface area contributed by atoms with Gasteiger partial charge in [0, 0.05) is 49.8 Å². The molecule has 0 unspecified atom stereocenters. The number of rotatable bonds is 4. The van der Waals surface area contributed by atoms with Crippen LogP contribution in [0.4, 0.5) is 0 Å². The fourth-order valence-electron chi connectivity index (χ4n) is 4.67. The average Bonchev–Trinajstić information content (AvgIpc) is 3.40. The van der Waals surface area contributed by atoms with Crippen molar-refractivity contribution in [2.75, 3.05) is 0 Å². The van der Waals surface area contributed by atoms with E-state index in [0.29, 0.717) is 0 Å². The van der Waals surface area contributed by atoms with Crippen LogP contribution in [-0.4, -0.2) is 20.9 Å². The van der Waals surface area contributed by atoms with Gasteiger partial charge in [0.2, 0.25) is 0 Å². The van der Waals surface area contributed by atoms with Crippen LogP contribution in [0.5, 0.6) is 0 Å². The summed E-state index contributed by atoms with van der Waals surface area (Å²) in [6, 6.07) is 25.6. The van der Waals surface area contributed by atoms with E-state index in [1.807, 2.05) is 12.4 Å². The van der Waals surface area contributed by atoms with Crippen LogP contribution >= 0.6 is 11.3 Å². The molecule has 40 heavy (non-hydrogen) atoms. The number of carbonyl (C=O) groups is 1. The van der Waals surface area contributed by atoms with Crippen molar-refractivity contribution >= 4 is 48.9 Å². The van der Waals surface area contributed by atoms with E-state index in [1.165, 1.54) is 46.5 Å². The normalized spacial score (nSPS) is 11.2. The first-order valence-corrected chi connectivity index (χ1v) is 13.8. The molecular weight excluding hydrogens is 693 g/mol. The summed E-state index contributed by atoms with van der Waals surface area (Å²) < 4.78 is 1.18. The predicted octanol–water partition coefficient (Wildman–Crippen LogP) is 9.04. The summed E-state index contributed by atoms with van der Waals surface area (Å²) in [5.41, 5.74) is 7.82. The van der Waals surface area contributed by atoms with Gasteiger partial charge in [-0.15, -0.1) is 17.5 Å². The van der Waals surface area contributed by atoms with E-state index in [4.69, 9.17) is 15.1 Å². The maximum absolute atomic E-state index is 10.0. The van der Waals surface area contributed by atoms with Crippen LogP contribution in [0, 0.1) is 13.0 Å². The minimum Gasteiger partial charge on any atom is -0.512 e. The Morgan fingerprint density at radius 3 is 2.45 bits per heavy atom. The number of aliphatic hydroxyl groups excluding tert-OH is 1. The molecule has 0 saturated heterocycles. The van der Waals surface area contributed by atoms with Crippen LogP contribution in [0.15, 0.2) is 90.3 Å². The molecule has 0 aliphatic heterocycles. The molecule has 1 N–H and O–H groups in total. The second-order valence-corrected chi connectivity index (χ2v) is 10.6. The van der Waals surface area contributed by atoms with Crippen LogP contribution in [0.25, 0.3) is 54.1 Å². The zero-order chi connectivity index (χ0) is 27.5. The van der Waals surface area contributed by atoms with E-state index in [1.54, 1.807) is 11.3 Å². The monoisotopic (exact) mass is 722 g/mol. The summed E-state index contributed by atoms with van der Waals surface area (Å²) in [5, 5.41) is 15.2. The number of pyridine rings is 2. The van der Waals surface area contributed by atoms with Crippen molar-refractivity contribution in [1.29, 1.82) is 0 Å². The van der Waals surface area contributed by atoms with Crippen LogP contribution in [0.1, 0.15) is 31.9 Å². The predicted molar refractivity (Wildman–Crippen MR) is 163 cm³/mol. The number of hydrogen-bond donors (Lipinski definition) is 1. The number of ketones is 1. The number of aryl methyl sites for hydroxylation is 2. The molecule has 6 aromatic rings. The molecule has 6 rings (SSSR count). The quantitative estimate of drug-likeness (QED) is 0.112. The molecular formula is C34H29IrN2O2S-. The Balaban J connectivity index is 0.000000413. The smallest absolute Gasteiger partial charge is 0.155 e. The van der Waals surface area contributed by atoms with Gasteiger partial charge < -0.3 is 5.11 Å². The van der Waals surface area contributed by atoms with E-state index in [-0.39, 0.29) is 31.6 Å². The Morgan fingerprint density at radius 1 is 0.975 bits per heavy atom. The molecule has 0 saturated carbocycles. The second-order valence-electron chi connectivity index (χ2n) is 9.65. The van der Waals surface area contributed by atoms with Crippen molar-refractivity contribution < 1.29 is 30.0 Å². The van der Waals surface area contributed by atoms with Crippen molar-refractivity contribution in [2.45, 2.75) is 34.1 Å². The molecule has 6 heteroatoms. The Labute approximate surface area is 251 Å². The third-order valence-electron chi connectivity index (χ3n) is 6.51. The van der Waals surface area contributed by atoms with Gasteiger partial charge >= 0.3 is 0 Å². The first-order chi connectivity index (χ1) is 18.8. The molecule has 3 heterocycles. The maximum Gasteiger partial charge on any atom is 0.155 e. The molecule has 4 nitrogen and oxygen atoms in total. The number of allylic oxidation sites excluding steroid dienone is 2. The van der Waals surface area contributed by atoms with Gasteiger partial charge in [0.05, 0.1) is 5.76 Å². The fourth-order valence-corrected chi connectivity index (χ4v) is 5.53. The maximum atomic E-state index is 10.0. The number of benzene rings is 3. The third-order valence-corrected chi connectivity index (χ3v) is 7.43. The van der Waals surface area contributed by atoms with E-state index in [9.17, 15) is 4.79 Å². The Kier molecular flexibility index (Phi) is 9.26. The van der Waals surface area contributed by atoms with Gasteiger partial charge in [-0.3, -0.25) is 14.8 Å². The van der Waals surface area contributed by atoms with Crippen LogP contribution in [0.2, 0.25) is 0 Å². The summed E-state index contributed by atoms with van der Waals surface area (Å²) in [4.78, 5) is 19.5. The number of aromatic nitrogens is 2. The number of aliphatic hydroxyl groups is 1. The van der Waals surface area contributed by atoms with E-state index in [2.05, 4.69) is 86.0 Å². The van der Waals surface area contributed by atoms with E-state index in [0.717, 1.165) is 45.1 Å². The largest absolute Gasteiger partial charge is 0.512 e. The first-order valence-electron chi connectivity index (χ1n) is 12.9. The molecule has 3 aromatic heterocycles. The molecule has 3 aromatic carbocycles. The number of hydrogen-bond acceptors (Lipinski definition) is 5. The molecule has 203 valence electrons. The summed E-state index contributed by atoms with van der Waals surface area (Å²) >= 11 is 1.72. The first kappa shape index (κ1) is 29.3. The van der Waals surface area contributed by atoms with Crippen LogP contribution in [-0.2, 0) is 31.3 Å². The van der Waals surface area contributed by atoms with E-state index < -0.39 is 0 Å². The van der Waals surface area contributed by atoms with Crippen LogP contribution < -0.4 is 0 Å². The molecule has 0 aliphatic carbocycles. The number of carbonyl (C=O) groups excluding carboxylic acids is 1. The van der Waals surface area contributed by atoms with Crippen molar-refractivity contribution in [3.63, 3.8) is 0 Å². The van der Waals surface area contributed by atoms with E-state index >= 15 is 0 Å². The molecule has 1 radical (unpaired) electrons. The van der Waals surface area contributed by atoms with Crippen molar-refractivity contribution in [1.82, 2.24) is 9.97 Å². The molecule has 0 atom stereocenters. The SMILES string of the molecule is CC(=O)/C=C(/C)O.CCc1ccc2cc(-c3ccnc(-c4[c-]c5ccsc5c5ncc(C)cc45)c3)ccc2c1.[Ir]. The van der Waals surface area contributed by atoms with Crippen molar-refractivity contribution in [2.24, 2.45) is 0 Å². The minimum atomic E-state index is -0.125. The average molecular weight is 722 g/mol. The molecule has 0 spiro atoms. The molecule has 0 fully saturated rings. The Morgan fingerprint density at radius 2 is 1.73 bits per heavy atom. The van der Waals surface area contributed by atoms with Gasteiger partial charge in [-0.1, -0.05) is 60.3 Å². The van der Waals surface area contributed by atoms with Gasteiger partial charge in [0.1, 0.15) is 0 Å². The second kappa shape index (κ2) is 12.6. The van der Waals surface area contributed by atoms with Crippen molar-refractivity contribution in [3.8, 4) is 22.4 Å². The third kappa shape index (κ3) is 6.37. The zero-order valence-electron chi connectivity index (χ0n) is 22.8.